The zero-order valence-corrected chi connectivity index (χ0v) is 17.3. The van der Waals surface area contributed by atoms with Crippen LogP contribution in [0, 0.1) is 11.2 Å². The van der Waals surface area contributed by atoms with E-state index in [4.69, 9.17) is 9.73 Å². The van der Waals surface area contributed by atoms with Gasteiger partial charge in [-0.3, -0.25) is 0 Å². The van der Waals surface area contributed by atoms with E-state index in [-0.39, 0.29) is 17.3 Å². The molecule has 0 saturated carbocycles. The molecule has 2 aromatic rings. The Bertz CT molecular complexity index is 999. The number of hydrogen-bond donors (Lipinski definition) is 1. The lowest BCUT2D eigenvalue weighted by atomic mass is 9.78. The molecule has 3 heterocycles. The fraction of sp³-hybridized carbons (Fsp3) is 0.417. The average Bonchev–Trinajstić information content (AvgIpc) is 2.80. The third kappa shape index (κ3) is 3.73. The minimum absolute atomic E-state index is 0.0767. The maximum Gasteiger partial charge on any atom is 0.407 e. The monoisotopic (exact) mass is 423 g/mol. The summed E-state index contributed by atoms with van der Waals surface area (Å²) in [5, 5.41) is 9.21. The number of fused-ring (bicyclic) bond motifs is 1. The van der Waals surface area contributed by atoms with Crippen LogP contribution in [0.15, 0.2) is 53.5 Å². The number of likely N-dealkylation sites (tertiary alicyclic amines) is 1. The molecule has 7 heteroatoms. The summed E-state index contributed by atoms with van der Waals surface area (Å²) >= 11 is 0. The normalized spacial score (nSPS) is 22.5. The zero-order valence-electron chi connectivity index (χ0n) is 17.3. The van der Waals surface area contributed by atoms with Crippen molar-refractivity contribution in [1.82, 2.24) is 9.80 Å². The van der Waals surface area contributed by atoms with Gasteiger partial charge in [-0.15, -0.1) is 0 Å². The van der Waals surface area contributed by atoms with Crippen molar-refractivity contribution in [3.63, 3.8) is 0 Å². The number of halogens is 1. The molecule has 3 aliphatic rings. The van der Waals surface area contributed by atoms with Crippen molar-refractivity contribution in [3.05, 3.63) is 71.0 Å². The first-order valence-electron chi connectivity index (χ1n) is 10.8. The minimum Gasteiger partial charge on any atom is -0.465 e. The first-order valence-corrected chi connectivity index (χ1v) is 10.8. The smallest absolute Gasteiger partial charge is 0.407 e. The van der Waals surface area contributed by atoms with Gasteiger partial charge >= 0.3 is 6.09 Å². The van der Waals surface area contributed by atoms with Gasteiger partial charge < -0.3 is 19.6 Å². The molecule has 0 aliphatic carbocycles. The minimum atomic E-state index is -0.857. The van der Waals surface area contributed by atoms with Gasteiger partial charge in [0.15, 0.2) is 0 Å². The Morgan fingerprint density at radius 2 is 1.84 bits per heavy atom. The van der Waals surface area contributed by atoms with Gasteiger partial charge in [-0.25, -0.2) is 14.2 Å². The number of aliphatic imine (C=N–C) groups is 1. The van der Waals surface area contributed by atoms with Crippen molar-refractivity contribution >= 4 is 12.1 Å². The molecule has 3 aliphatic heterocycles. The van der Waals surface area contributed by atoms with Gasteiger partial charge in [-0.2, -0.15) is 0 Å². The van der Waals surface area contributed by atoms with Crippen molar-refractivity contribution in [3.8, 4) is 0 Å². The molecule has 0 aromatic heterocycles. The largest absolute Gasteiger partial charge is 0.465 e. The molecular formula is C24H26FN3O3. The van der Waals surface area contributed by atoms with Crippen molar-refractivity contribution in [2.45, 2.75) is 25.3 Å². The SMILES string of the molecule is O=C(O)N1CCC2(CC1)CN=C(N1CCc3ccccc3C1c1ccc(F)cc1)OC2. The van der Waals surface area contributed by atoms with Crippen LogP contribution >= 0.6 is 0 Å². The molecule has 31 heavy (non-hydrogen) atoms. The predicted octanol–water partition coefficient (Wildman–Crippen LogP) is 3.92. The Morgan fingerprint density at radius 1 is 1.10 bits per heavy atom. The van der Waals surface area contributed by atoms with Crippen LogP contribution < -0.4 is 0 Å². The molecular weight excluding hydrogens is 397 g/mol. The quantitative estimate of drug-likeness (QED) is 0.755. The van der Waals surface area contributed by atoms with E-state index < -0.39 is 6.09 Å². The van der Waals surface area contributed by atoms with Crippen LogP contribution in [0.25, 0.3) is 0 Å². The number of carboxylic acid groups (broad SMARTS) is 1. The fourth-order valence-electron chi connectivity index (χ4n) is 4.97. The fourth-order valence-corrected chi connectivity index (χ4v) is 4.97. The van der Waals surface area contributed by atoms with E-state index in [0.29, 0.717) is 32.3 Å². The molecule has 1 saturated heterocycles. The lowest BCUT2D eigenvalue weighted by molar-refractivity contribution is 0.0326. The molecule has 1 fully saturated rings. The van der Waals surface area contributed by atoms with Crippen LogP contribution in [0.2, 0.25) is 0 Å². The summed E-state index contributed by atoms with van der Waals surface area (Å²) in [5.74, 6) is -0.250. The maximum atomic E-state index is 13.6. The number of nitrogens with zero attached hydrogens (tertiary/aromatic N) is 3. The topological polar surface area (TPSA) is 65.4 Å². The molecule has 1 atom stereocenters. The highest BCUT2D eigenvalue weighted by molar-refractivity contribution is 5.76. The highest BCUT2D eigenvalue weighted by atomic mass is 19.1. The van der Waals surface area contributed by atoms with Crippen LogP contribution in [0.3, 0.4) is 0 Å². The number of carbonyl (C=O) groups is 1. The standard InChI is InChI=1S/C24H26FN3O3/c25-19-7-5-18(6-8-19)21-20-4-2-1-3-17(20)9-12-28(21)22-26-15-24(16-31-22)10-13-27(14-11-24)23(29)30/h1-8,21H,9-16H2,(H,29,30). The van der Waals surface area contributed by atoms with E-state index in [1.54, 1.807) is 0 Å². The molecule has 5 rings (SSSR count). The Labute approximate surface area is 181 Å². The number of piperidine rings is 1. The van der Waals surface area contributed by atoms with E-state index in [2.05, 4.69) is 23.1 Å². The van der Waals surface area contributed by atoms with Crippen molar-refractivity contribution < 1.29 is 19.0 Å². The number of hydrogen-bond acceptors (Lipinski definition) is 4. The summed E-state index contributed by atoms with van der Waals surface area (Å²) in [5.41, 5.74) is 3.41. The van der Waals surface area contributed by atoms with Crippen LogP contribution in [0.1, 0.15) is 35.6 Å². The van der Waals surface area contributed by atoms with E-state index in [9.17, 15) is 14.3 Å². The molecule has 1 N–H and O–H groups in total. The second kappa shape index (κ2) is 7.87. The van der Waals surface area contributed by atoms with Crippen LogP contribution in [-0.4, -0.2) is 59.8 Å². The highest BCUT2D eigenvalue weighted by Gasteiger charge is 2.41. The number of amidine groups is 1. The molecule has 162 valence electrons. The number of amides is 1. The summed E-state index contributed by atoms with van der Waals surface area (Å²) in [6, 6.07) is 15.6. The third-order valence-electron chi connectivity index (χ3n) is 6.87. The number of benzene rings is 2. The first-order chi connectivity index (χ1) is 15.0. The van der Waals surface area contributed by atoms with Gasteiger partial charge in [0.2, 0.25) is 0 Å². The average molecular weight is 423 g/mol. The molecule has 0 bridgehead atoms. The molecule has 1 amide bonds. The highest BCUT2D eigenvalue weighted by Crippen LogP contribution is 2.39. The first kappa shape index (κ1) is 19.8. The Kier molecular flexibility index (Phi) is 5.04. The van der Waals surface area contributed by atoms with Gasteiger partial charge in [-0.1, -0.05) is 36.4 Å². The molecule has 0 radical (unpaired) electrons. The summed E-state index contributed by atoms with van der Waals surface area (Å²) in [6.45, 7) is 3.02. The van der Waals surface area contributed by atoms with Gasteiger partial charge in [-0.05, 0) is 48.1 Å². The van der Waals surface area contributed by atoms with E-state index >= 15 is 0 Å². The molecule has 1 spiro atoms. The Morgan fingerprint density at radius 3 is 2.52 bits per heavy atom. The number of ether oxygens (including phenoxy) is 1. The zero-order chi connectivity index (χ0) is 21.4. The summed E-state index contributed by atoms with van der Waals surface area (Å²) in [4.78, 5) is 19.7. The summed E-state index contributed by atoms with van der Waals surface area (Å²) < 4.78 is 19.8. The third-order valence-corrected chi connectivity index (χ3v) is 6.87. The van der Waals surface area contributed by atoms with Gasteiger partial charge in [0.1, 0.15) is 5.82 Å². The lowest BCUT2D eigenvalue weighted by Gasteiger charge is -2.45. The lowest BCUT2D eigenvalue weighted by Crippen LogP contribution is -2.50. The van der Waals surface area contributed by atoms with Crippen molar-refractivity contribution in [1.29, 1.82) is 0 Å². The summed E-state index contributed by atoms with van der Waals surface area (Å²) in [6.07, 6.45) is 1.57. The van der Waals surface area contributed by atoms with Gasteiger partial charge in [0.05, 0.1) is 19.2 Å². The molecule has 1 unspecified atom stereocenters. The molecule has 2 aromatic carbocycles. The van der Waals surface area contributed by atoms with Crippen LogP contribution in [-0.2, 0) is 11.2 Å². The van der Waals surface area contributed by atoms with E-state index in [1.807, 2.05) is 18.2 Å². The second-order valence-electron chi connectivity index (χ2n) is 8.75. The predicted molar refractivity (Wildman–Crippen MR) is 115 cm³/mol. The Balaban J connectivity index is 1.41. The number of rotatable bonds is 1. The molecule has 6 nitrogen and oxygen atoms in total. The van der Waals surface area contributed by atoms with Gasteiger partial charge in [0.25, 0.3) is 6.02 Å². The maximum absolute atomic E-state index is 13.6. The van der Waals surface area contributed by atoms with Gasteiger partial charge in [0, 0.05) is 25.0 Å². The van der Waals surface area contributed by atoms with Crippen molar-refractivity contribution in [2.75, 3.05) is 32.8 Å². The van der Waals surface area contributed by atoms with Crippen LogP contribution in [0.4, 0.5) is 9.18 Å². The Hall–Kier alpha value is -3.09. The van der Waals surface area contributed by atoms with E-state index in [1.165, 1.54) is 28.2 Å². The second-order valence-corrected chi connectivity index (χ2v) is 8.75. The summed E-state index contributed by atoms with van der Waals surface area (Å²) in [7, 11) is 0. The van der Waals surface area contributed by atoms with Crippen molar-refractivity contribution in [2.24, 2.45) is 10.4 Å². The van der Waals surface area contributed by atoms with Crippen LogP contribution in [0.5, 0.6) is 0 Å². The van der Waals surface area contributed by atoms with E-state index in [0.717, 1.165) is 31.4 Å².